The van der Waals surface area contributed by atoms with Crippen LogP contribution in [0.5, 0.6) is 0 Å². The number of nitrogens with one attached hydrogen (secondary N) is 2. The molecule has 1 heterocycles. The van der Waals surface area contributed by atoms with E-state index >= 15 is 0 Å². The third-order valence-corrected chi connectivity index (χ3v) is 4.66. The lowest BCUT2D eigenvalue weighted by Gasteiger charge is -2.34. The van der Waals surface area contributed by atoms with Crippen molar-refractivity contribution in [3.05, 3.63) is 23.8 Å². The Labute approximate surface area is 143 Å². The monoisotopic (exact) mass is 333 g/mol. The summed E-state index contributed by atoms with van der Waals surface area (Å²) in [6.45, 7) is 5.25. The first-order chi connectivity index (χ1) is 11.5. The third-order valence-electron chi connectivity index (χ3n) is 4.66. The van der Waals surface area contributed by atoms with Crippen LogP contribution in [0.1, 0.15) is 38.2 Å². The van der Waals surface area contributed by atoms with Crippen LogP contribution in [0.15, 0.2) is 18.2 Å². The van der Waals surface area contributed by atoms with Crippen molar-refractivity contribution in [2.45, 2.75) is 39.5 Å². The predicted molar refractivity (Wildman–Crippen MR) is 94.9 cm³/mol. The van der Waals surface area contributed by atoms with Crippen molar-refractivity contribution < 1.29 is 14.3 Å². The highest BCUT2D eigenvalue weighted by atomic mass is 16.5. The molecule has 1 aliphatic heterocycles. The molecule has 4 N–H and O–H groups in total. The molecule has 0 atom stereocenters. The van der Waals surface area contributed by atoms with E-state index in [1.165, 1.54) is 0 Å². The van der Waals surface area contributed by atoms with Crippen molar-refractivity contribution in [2.24, 2.45) is 11.1 Å². The summed E-state index contributed by atoms with van der Waals surface area (Å²) >= 11 is 0. The van der Waals surface area contributed by atoms with Gasteiger partial charge in [-0.3, -0.25) is 9.59 Å². The van der Waals surface area contributed by atoms with Crippen molar-refractivity contribution in [3.8, 4) is 0 Å². The Hall–Kier alpha value is -1.92. The smallest absolute Gasteiger partial charge is 0.232 e. The molecule has 0 saturated carbocycles. The SMILES string of the molecule is CCCC(=O)Nc1cccc(NC(=O)C2(CN)CCOCC2)c1C. The molecule has 1 fully saturated rings. The highest BCUT2D eigenvalue weighted by molar-refractivity contribution is 5.98. The van der Waals surface area contributed by atoms with Gasteiger partial charge >= 0.3 is 0 Å². The van der Waals surface area contributed by atoms with Crippen LogP contribution in [0.2, 0.25) is 0 Å². The van der Waals surface area contributed by atoms with Crippen molar-refractivity contribution in [1.82, 2.24) is 0 Å². The zero-order chi connectivity index (χ0) is 17.6. The topological polar surface area (TPSA) is 93.5 Å². The first-order valence-corrected chi connectivity index (χ1v) is 8.51. The molecule has 132 valence electrons. The summed E-state index contributed by atoms with van der Waals surface area (Å²) < 4.78 is 5.35. The number of benzene rings is 1. The maximum Gasteiger partial charge on any atom is 0.232 e. The van der Waals surface area contributed by atoms with Crippen molar-refractivity contribution in [2.75, 3.05) is 30.4 Å². The Balaban J connectivity index is 2.14. The van der Waals surface area contributed by atoms with E-state index in [4.69, 9.17) is 10.5 Å². The molecule has 0 spiro atoms. The largest absolute Gasteiger partial charge is 0.381 e. The predicted octanol–water partition coefficient (Wildman–Crippen LogP) is 2.43. The number of carbonyl (C=O) groups excluding carboxylic acids is 2. The van der Waals surface area contributed by atoms with Gasteiger partial charge in [-0.15, -0.1) is 0 Å². The molecule has 6 heteroatoms. The van der Waals surface area contributed by atoms with Gasteiger partial charge in [-0.2, -0.15) is 0 Å². The number of ether oxygens (including phenoxy) is 1. The van der Waals surface area contributed by atoms with Crippen molar-refractivity contribution in [3.63, 3.8) is 0 Å². The maximum atomic E-state index is 12.8. The Morgan fingerprint density at radius 3 is 2.42 bits per heavy atom. The normalized spacial score (nSPS) is 16.5. The van der Waals surface area contributed by atoms with Gasteiger partial charge in [0, 0.05) is 37.6 Å². The van der Waals surface area contributed by atoms with Gasteiger partial charge in [-0.05, 0) is 43.9 Å². The van der Waals surface area contributed by atoms with Gasteiger partial charge in [0.15, 0.2) is 0 Å². The van der Waals surface area contributed by atoms with E-state index in [2.05, 4.69) is 10.6 Å². The van der Waals surface area contributed by atoms with Gasteiger partial charge in [-0.25, -0.2) is 0 Å². The molecule has 1 saturated heterocycles. The van der Waals surface area contributed by atoms with Crippen LogP contribution in [0.4, 0.5) is 11.4 Å². The molecular formula is C18H27N3O3. The van der Waals surface area contributed by atoms with E-state index in [0.29, 0.717) is 44.7 Å². The molecule has 2 amide bonds. The second-order valence-electron chi connectivity index (χ2n) is 6.33. The Morgan fingerprint density at radius 2 is 1.83 bits per heavy atom. The minimum atomic E-state index is -0.577. The Kier molecular flexibility index (Phi) is 6.34. The molecule has 1 aliphatic rings. The van der Waals surface area contributed by atoms with E-state index in [-0.39, 0.29) is 11.8 Å². The standard InChI is InChI=1S/C18H27N3O3/c1-3-5-16(22)20-14-6-4-7-15(13(14)2)21-17(23)18(12-19)8-10-24-11-9-18/h4,6-7H,3,5,8-12,19H2,1-2H3,(H,20,22)(H,21,23). The van der Waals surface area contributed by atoms with Gasteiger partial charge < -0.3 is 21.1 Å². The average Bonchev–Trinajstić information content (AvgIpc) is 2.59. The summed E-state index contributed by atoms with van der Waals surface area (Å²) in [6, 6.07) is 5.50. The fourth-order valence-electron chi connectivity index (χ4n) is 2.89. The molecule has 1 aromatic rings. The Morgan fingerprint density at radius 1 is 1.21 bits per heavy atom. The highest BCUT2D eigenvalue weighted by Crippen LogP contribution is 2.32. The highest BCUT2D eigenvalue weighted by Gasteiger charge is 2.39. The first kappa shape index (κ1) is 18.4. The molecule has 0 aliphatic carbocycles. The number of nitrogens with two attached hydrogens (primary N) is 1. The third kappa shape index (κ3) is 4.13. The van der Waals surface area contributed by atoms with Gasteiger partial charge in [0.2, 0.25) is 11.8 Å². The number of hydrogen-bond acceptors (Lipinski definition) is 4. The summed E-state index contributed by atoms with van der Waals surface area (Å²) in [7, 11) is 0. The summed E-state index contributed by atoms with van der Waals surface area (Å²) in [4.78, 5) is 24.6. The van der Waals surface area contributed by atoms with Crippen molar-refractivity contribution >= 4 is 23.2 Å². The maximum absolute atomic E-state index is 12.8. The van der Waals surface area contributed by atoms with Crippen molar-refractivity contribution in [1.29, 1.82) is 0 Å². The number of anilines is 2. The zero-order valence-electron chi connectivity index (χ0n) is 14.5. The lowest BCUT2D eigenvalue weighted by atomic mass is 9.79. The molecule has 24 heavy (non-hydrogen) atoms. The van der Waals surface area contributed by atoms with Crippen LogP contribution in [0, 0.1) is 12.3 Å². The van der Waals surface area contributed by atoms with Crippen LogP contribution in [0.25, 0.3) is 0 Å². The fourth-order valence-corrected chi connectivity index (χ4v) is 2.89. The van der Waals surface area contributed by atoms with Crippen LogP contribution in [-0.2, 0) is 14.3 Å². The summed E-state index contributed by atoms with van der Waals surface area (Å²) in [5.74, 6) is -0.0969. The van der Waals surface area contributed by atoms with Crippen LogP contribution >= 0.6 is 0 Å². The lowest BCUT2D eigenvalue weighted by molar-refractivity contribution is -0.130. The minimum absolute atomic E-state index is 0.0214. The molecule has 6 nitrogen and oxygen atoms in total. The molecule has 0 bridgehead atoms. The van der Waals surface area contributed by atoms with Crippen LogP contribution in [-0.4, -0.2) is 31.6 Å². The minimum Gasteiger partial charge on any atom is -0.381 e. The molecule has 1 aromatic carbocycles. The van der Waals surface area contributed by atoms with E-state index < -0.39 is 5.41 Å². The second kappa shape index (κ2) is 8.26. The Bertz CT molecular complexity index is 595. The van der Waals surface area contributed by atoms with E-state index in [0.717, 1.165) is 17.7 Å². The van der Waals surface area contributed by atoms with E-state index in [1.807, 2.05) is 32.0 Å². The molecular weight excluding hydrogens is 306 g/mol. The van der Waals surface area contributed by atoms with Crippen LogP contribution < -0.4 is 16.4 Å². The van der Waals surface area contributed by atoms with Gasteiger partial charge in [0.25, 0.3) is 0 Å². The summed E-state index contributed by atoms with van der Waals surface area (Å²) in [5.41, 5.74) is 7.58. The quantitative estimate of drug-likeness (QED) is 0.745. The zero-order valence-corrected chi connectivity index (χ0v) is 14.5. The summed E-state index contributed by atoms with van der Waals surface area (Å²) in [6.07, 6.45) is 2.53. The van der Waals surface area contributed by atoms with Gasteiger partial charge in [0.05, 0.1) is 5.41 Å². The number of carbonyl (C=O) groups is 2. The number of amides is 2. The number of rotatable bonds is 6. The molecule has 0 aromatic heterocycles. The molecule has 0 unspecified atom stereocenters. The fraction of sp³-hybridized carbons (Fsp3) is 0.556. The first-order valence-electron chi connectivity index (χ1n) is 8.51. The second-order valence-corrected chi connectivity index (χ2v) is 6.33. The average molecular weight is 333 g/mol. The summed E-state index contributed by atoms with van der Waals surface area (Å²) in [5, 5.41) is 5.88. The molecule has 2 rings (SSSR count). The van der Waals surface area contributed by atoms with E-state index in [9.17, 15) is 9.59 Å². The number of hydrogen-bond donors (Lipinski definition) is 3. The van der Waals surface area contributed by atoms with E-state index in [1.54, 1.807) is 0 Å². The van der Waals surface area contributed by atoms with Crippen LogP contribution in [0.3, 0.4) is 0 Å². The van der Waals surface area contributed by atoms with Gasteiger partial charge in [-0.1, -0.05) is 13.0 Å². The lowest BCUT2D eigenvalue weighted by Crippen LogP contribution is -2.46. The molecule has 0 radical (unpaired) electrons. The van der Waals surface area contributed by atoms with Gasteiger partial charge in [0.1, 0.15) is 0 Å².